The largest absolute Gasteiger partial charge is 0.339 e. The van der Waals surface area contributed by atoms with Crippen LogP contribution in [0.4, 0.5) is 0 Å². The maximum Gasteiger partial charge on any atom is 0.230 e. The van der Waals surface area contributed by atoms with E-state index in [1.807, 2.05) is 0 Å². The molecule has 1 aliphatic carbocycles. The Morgan fingerprint density at radius 3 is 2.75 bits per heavy atom. The highest BCUT2D eigenvalue weighted by atomic mass is 35.5. The normalized spacial score (nSPS) is 25.8. The summed E-state index contributed by atoms with van der Waals surface area (Å²) in [5.74, 6) is 2.11. The van der Waals surface area contributed by atoms with Crippen LogP contribution in [0.1, 0.15) is 37.9 Å². The Morgan fingerprint density at radius 1 is 1.67 bits per heavy atom. The highest BCUT2D eigenvalue weighted by Crippen LogP contribution is 2.57. The Labute approximate surface area is 76.1 Å². The number of hydrogen-bond donors (Lipinski definition) is 0. The van der Waals surface area contributed by atoms with E-state index in [2.05, 4.69) is 24.0 Å². The third-order valence-electron chi connectivity index (χ3n) is 2.41. The van der Waals surface area contributed by atoms with Crippen LogP contribution in [-0.4, -0.2) is 10.1 Å². The highest BCUT2D eigenvalue weighted by molar-refractivity contribution is 6.16. The number of aromatic nitrogens is 2. The molecule has 12 heavy (non-hydrogen) atoms. The molecule has 2 rings (SSSR count). The van der Waals surface area contributed by atoms with Crippen molar-refractivity contribution in [2.75, 3.05) is 0 Å². The molecule has 0 spiro atoms. The van der Waals surface area contributed by atoms with E-state index in [1.54, 1.807) is 0 Å². The molecule has 1 fully saturated rings. The summed E-state index contributed by atoms with van der Waals surface area (Å²) in [6.07, 6.45) is 1.14. The van der Waals surface area contributed by atoms with E-state index in [-0.39, 0.29) is 0 Å². The molecule has 3 nitrogen and oxygen atoms in total. The van der Waals surface area contributed by atoms with Gasteiger partial charge in [-0.05, 0) is 11.8 Å². The molecule has 0 saturated heterocycles. The van der Waals surface area contributed by atoms with E-state index in [9.17, 15) is 0 Å². The molecule has 1 aromatic rings. The predicted octanol–water partition coefficient (Wildman–Crippen LogP) is 2.32. The fourth-order valence-corrected chi connectivity index (χ4v) is 1.46. The zero-order chi connectivity index (χ0) is 8.77. The molecule has 1 unspecified atom stereocenters. The van der Waals surface area contributed by atoms with Crippen molar-refractivity contribution in [2.45, 2.75) is 32.1 Å². The van der Waals surface area contributed by atoms with E-state index >= 15 is 0 Å². The fraction of sp³-hybridized carbons (Fsp3) is 0.750. The maximum atomic E-state index is 5.55. The molecule has 1 atom stereocenters. The molecule has 0 amide bonds. The SMILES string of the molecule is CC1(C)CC1c1nc(CCl)no1. The third-order valence-corrected chi connectivity index (χ3v) is 2.65. The van der Waals surface area contributed by atoms with E-state index in [0.717, 1.165) is 12.3 Å². The second-order valence-corrected chi connectivity index (χ2v) is 4.20. The average molecular weight is 187 g/mol. The number of nitrogens with zero attached hydrogens (tertiary/aromatic N) is 2. The van der Waals surface area contributed by atoms with Gasteiger partial charge in [0.2, 0.25) is 5.89 Å². The molecule has 0 aliphatic heterocycles. The Hall–Kier alpha value is -0.570. The summed E-state index contributed by atoms with van der Waals surface area (Å²) in [5.41, 5.74) is 0.343. The Bertz CT molecular complexity index is 295. The van der Waals surface area contributed by atoms with Gasteiger partial charge < -0.3 is 4.52 Å². The van der Waals surface area contributed by atoms with Crippen LogP contribution in [-0.2, 0) is 5.88 Å². The van der Waals surface area contributed by atoms with Gasteiger partial charge in [-0.25, -0.2) is 0 Å². The van der Waals surface area contributed by atoms with Crippen molar-refractivity contribution in [1.82, 2.24) is 10.1 Å². The summed E-state index contributed by atoms with van der Waals surface area (Å²) in [6, 6.07) is 0. The lowest BCUT2D eigenvalue weighted by Gasteiger charge is -1.95. The standard InChI is InChI=1S/C8H11ClN2O/c1-8(2)3-5(8)7-10-6(4-9)11-12-7/h5H,3-4H2,1-2H3. The first-order valence-electron chi connectivity index (χ1n) is 4.02. The van der Waals surface area contributed by atoms with Gasteiger partial charge in [0.15, 0.2) is 5.82 Å². The predicted molar refractivity (Wildman–Crippen MR) is 45.0 cm³/mol. The van der Waals surface area contributed by atoms with Gasteiger partial charge in [-0.1, -0.05) is 19.0 Å². The van der Waals surface area contributed by atoms with Gasteiger partial charge in [-0.2, -0.15) is 4.98 Å². The van der Waals surface area contributed by atoms with Gasteiger partial charge in [0, 0.05) is 5.92 Å². The zero-order valence-corrected chi connectivity index (χ0v) is 7.93. The van der Waals surface area contributed by atoms with Crippen LogP contribution < -0.4 is 0 Å². The number of rotatable bonds is 2. The molecule has 4 heteroatoms. The second-order valence-electron chi connectivity index (χ2n) is 3.93. The zero-order valence-electron chi connectivity index (χ0n) is 7.17. The quantitative estimate of drug-likeness (QED) is 0.666. The smallest absolute Gasteiger partial charge is 0.230 e. The average Bonchev–Trinajstić information content (AvgIpc) is 2.52. The lowest BCUT2D eigenvalue weighted by atomic mass is 10.1. The van der Waals surface area contributed by atoms with E-state index < -0.39 is 0 Å². The first-order valence-corrected chi connectivity index (χ1v) is 4.55. The van der Waals surface area contributed by atoms with E-state index in [1.165, 1.54) is 0 Å². The lowest BCUT2D eigenvalue weighted by Crippen LogP contribution is -1.90. The summed E-state index contributed by atoms with van der Waals surface area (Å²) < 4.78 is 5.07. The summed E-state index contributed by atoms with van der Waals surface area (Å²) >= 11 is 5.55. The summed E-state index contributed by atoms with van der Waals surface area (Å²) in [5, 5.41) is 3.74. The maximum absolute atomic E-state index is 5.55. The minimum Gasteiger partial charge on any atom is -0.339 e. The van der Waals surface area contributed by atoms with Crippen LogP contribution in [0, 0.1) is 5.41 Å². The van der Waals surface area contributed by atoms with Crippen LogP contribution in [0.25, 0.3) is 0 Å². The molecular weight excluding hydrogens is 176 g/mol. The van der Waals surface area contributed by atoms with Crippen molar-refractivity contribution < 1.29 is 4.52 Å². The number of hydrogen-bond acceptors (Lipinski definition) is 3. The van der Waals surface area contributed by atoms with Crippen molar-refractivity contribution in [3.63, 3.8) is 0 Å². The minimum atomic E-state index is 0.330. The van der Waals surface area contributed by atoms with Crippen molar-refractivity contribution in [1.29, 1.82) is 0 Å². The summed E-state index contributed by atoms with van der Waals surface area (Å²) in [6.45, 7) is 4.39. The van der Waals surface area contributed by atoms with Crippen LogP contribution in [0.2, 0.25) is 0 Å². The number of halogens is 1. The molecule has 0 bridgehead atoms. The summed E-state index contributed by atoms with van der Waals surface area (Å²) in [4.78, 5) is 4.18. The van der Waals surface area contributed by atoms with E-state index in [4.69, 9.17) is 16.1 Å². The summed E-state index contributed by atoms with van der Waals surface area (Å²) in [7, 11) is 0. The van der Waals surface area contributed by atoms with Crippen molar-refractivity contribution in [3.05, 3.63) is 11.7 Å². The van der Waals surface area contributed by atoms with Crippen LogP contribution in [0.3, 0.4) is 0 Å². The molecule has 66 valence electrons. The van der Waals surface area contributed by atoms with Crippen LogP contribution in [0.15, 0.2) is 4.52 Å². The molecule has 1 aromatic heterocycles. The fourth-order valence-electron chi connectivity index (χ4n) is 1.35. The minimum absolute atomic E-state index is 0.330. The molecule has 0 radical (unpaired) electrons. The Morgan fingerprint density at radius 2 is 2.33 bits per heavy atom. The van der Waals surface area contributed by atoms with Gasteiger partial charge in [0.05, 0.1) is 5.88 Å². The molecule has 1 aliphatic rings. The monoisotopic (exact) mass is 186 g/mol. The Balaban J connectivity index is 2.15. The van der Waals surface area contributed by atoms with Gasteiger partial charge >= 0.3 is 0 Å². The van der Waals surface area contributed by atoms with Gasteiger partial charge in [0.25, 0.3) is 0 Å². The van der Waals surface area contributed by atoms with Gasteiger partial charge in [-0.3, -0.25) is 0 Å². The molecular formula is C8H11ClN2O. The van der Waals surface area contributed by atoms with Crippen LogP contribution >= 0.6 is 11.6 Å². The van der Waals surface area contributed by atoms with Crippen molar-refractivity contribution >= 4 is 11.6 Å². The van der Waals surface area contributed by atoms with Gasteiger partial charge in [-0.15, -0.1) is 11.6 Å². The second kappa shape index (κ2) is 2.46. The number of alkyl halides is 1. The van der Waals surface area contributed by atoms with Crippen molar-refractivity contribution in [3.8, 4) is 0 Å². The first kappa shape index (κ1) is 8.05. The van der Waals surface area contributed by atoms with Gasteiger partial charge in [0.1, 0.15) is 0 Å². The molecule has 0 aromatic carbocycles. The Kier molecular flexibility index (Phi) is 1.65. The lowest BCUT2D eigenvalue weighted by molar-refractivity contribution is 0.364. The third kappa shape index (κ3) is 1.22. The van der Waals surface area contributed by atoms with Crippen LogP contribution in [0.5, 0.6) is 0 Å². The molecule has 0 N–H and O–H groups in total. The van der Waals surface area contributed by atoms with E-state index in [0.29, 0.717) is 23.0 Å². The molecule has 1 saturated carbocycles. The first-order chi connectivity index (χ1) is 5.63. The van der Waals surface area contributed by atoms with Crippen molar-refractivity contribution in [2.24, 2.45) is 5.41 Å². The molecule has 1 heterocycles. The topological polar surface area (TPSA) is 38.9 Å². The highest BCUT2D eigenvalue weighted by Gasteiger charge is 2.50.